The summed E-state index contributed by atoms with van der Waals surface area (Å²) in [7, 11) is 1.21. The van der Waals surface area contributed by atoms with Crippen molar-refractivity contribution in [3.8, 4) is 0 Å². The Hall–Kier alpha value is -0.490. The molecule has 0 unspecified atom stereocenters. The van der Waals surface area contributed by atoms with Crippen LogP contribution < -0.4 is 5.32 Å². The van der Waals surface area contributed by atoms with Crippen molar-refractivity contribution < 1.29 is 13.2 Å². The SMILES string of the molecule is CC(C)CCNC(=O)c1c(Cl)ccc(S(=O)(=O)Cl)c1Cl. The predicted octanol–water partition coefficient (Wildman–Crippen LogP) is 3.70. The standard InChI is InChI=1S/C12H14Cl3NO3S/c1-7(2)5-6-16-12(17)10-8(13)3-4-9(11(10)14)20(15,18)19/h3-4,7H,5-6H2,1-2H3,(H,16,17). The summed E-state index contributed by atoms with van der Waals surface area (Å²) in [6.07, 6.45) is 0.786. The topological polar surface area (TPSA) is 63.2 Å². The first-order chi connectivity index (χ1) is 9.14. The van der Waals surface area contributed by atoms with Crippen LogP contribution >= 0.6 is 33.9 Å². The average Bonchev–Trinajstić information content (AvgIpc) is 2.26. The fraction of sp³-hybridized carbons (Fsp3) is 0.417. The van der Waals surface area contributed by atoms with Crippen LogP contribution in [-0.4, -0.2) is 20.9 Å². The van der Waals surface area contributed by atoms with Crippen LogP contribution in [0.2, 0.25) is 10.0 Å². The zero-order valence-corrected chi connectivity index (χ0v) is 14.0. The first-order valence-electron chi connectivity index (χ1n) is 5.85. The van der Waals surface area contributed by atoms with Crippen LogP contribution in [0, 0.1) is 5.92 Å². The molecule has 0 atom stereocenters. The molecule has 0 spiro atoms. The number of carbonyl (C=O) groups excluding carboxylic acids is 1. The second kappa shape index (κ2) is 6.98. The van der Waals surface area contributed by atoms with Crippen molar-refractivity contribution in [2.75, 3.05) is 6.54 Å². The first-order valence-corrected chi connectivity index (χ1v) is 8.92. The van der Waals surface area contributed by atoms with Crippen LogP contribution in [0.15, 0.2) is 17.0 Å². The molecular formula is C12H14Cl3NO3S. The molecule has 4 nitrogen and oxygen atoms in total. The lowest BCUT2D eigenvalue weighted by Crippen LogP contribution is -2.26. The third kappa shape index (κ3) is 4.52. The van der Waals surface area contributed by atoms with Gasteiger partial charge in [0, 0.05) is 17.2 Å². The number of nitrogens with one attached hydrogen (secondary N) is 1. The maximum atomic E-state index is 12.0. The largest absolute Gasteiger partial charge is 0.352 e. The maximum Gasteiger partial charge on any atom is 0.262 e. The monoisotopic (exact) mass is 357 g/mol. The lowest BCUT2D eigenvalue weighted by atomic mass is 10.1. The van der Waals surface area contributed by atoms with Crippen LogP contribution in [0.1, 0.15) is 30.6 Å². The van der Waals surface area contributed by atoms with Gasteiger partial charge in [-0.25, -0.2) is 8.42 Å². The molecule has 1 aromatic rings. The smallest absolute Gasteiger partial charge is 0.262 e. The Morgan fingerprint density at radius 1 is 1.30 bits per heavy atom. The molecule has 0 saturated carbocycles. The van der Waals surface area contributed by atoms with E-state index in [0.717, 1.165) is 12.5 Å². The second-order valence-corrected chi connectivity index (χ2v) is 7.93. The molecular weight excluding hydrogens is 345 g/mol. The maximum absolute atomic E-state index is 12.0. The van der Waals surface area contributed by atoms with E-state index in [-0.39, 0.29) is 20.5 Å². The van der Waals surface area contributed by atoms with Gasteiger partial charge in [-0.1, -0.05) is 37.0 Å². The van der Waals surface area contributed by atoms with E-state index in [1.807, 2.05) is 13.8 Å². The van der Waals surface area contributed by atoms with Crippen LogP contribution in [-0.2, 0) is 9.05 Å². The summed E-state index contributed by atoms with van der Waals surface area (Å²) >= 11 is 11.8. The summed E-state index contributed by atoms with van der Waals surface area (Å²) < 4.78 is 22.7. The van der Waals surface area contributed by atoms with E-state index in [1.54, 1.807) is 0 Å². The molecule has 1 rings (SSSR count). The van der Waals surface area contributed by atoms with E-state index in [1.165, 1.54) is 6.07 Å². The molecule has 0 aliphatic carbocycles. The minimum Gasteiger partial charge on any atom is -0.352 e. The van der Waals surface area contributed by atoms with Gasteiger partial charge in [-0.15, -0.1) is 0 Å². The van der Waals surface area contributed by atoms with Gasteiger partial charge >= 0.3 is 0 Å². The minimum atomic E-state index is -4.04. The normalized spacial score (nSPS) is 11.7. The van der Waals surface area contributed by atoms with E-state index >= 15 is 0 Å². The van der Waals surface area contributed by atoms with E-state index in [0.29, 0.717) is 12.5 Å². The second-order valence-electron chi connectivity index (χ2n) is 4.61. The minimum absolute atomic E-state index is 0.0705. The molecule has 0 fully saturated rings. The fourth-order valence-electron chi connectivity index (χ4n) is 1.49. The van der Waals surface area contributed by atoms with Crippen molar-refractivity contribution in [1.82, 2.24) is 5.32 Å². The molecule has 1 amide bonds. The van der Waals surface area contributed by atoms with Gasteiger partial charge in [0.1, 0.15) is 4.90 Å². The summed E-state index contributed by atoms with van der Waals surface area (Å²) in [6, 6.07) is 2.44. The van der Waals surface area contributed by atoms with Gasteiger partial charge < -0.3 is 5.32 Å². The Morgan fingerprint density at radius 3 is 2.40 bits per heavy atom. The van der Waals surface area contributed by atoms with Gasteiger partial charge in [0.15, 0.2) is 0 Å². The van der Waals surface area contributed by atoms with Gasteiger partial charge in [-0.3, -0.25) is 4.79 Å². The van der Waals surface area contributed by atoms with Crippen LogP contribution in [0.25, 0.3) is 0 Å². The van der Waals surface area contributed by atoms with Crippen molar-refractivity contribution in [2.45, 2.75) is 25.2 Å². The summed E-state index contributed by atoms with van der Waals surface area (Å²) in [5.74, 6) is -0.0985. The average molecular weight is 359 g/mol. The molecule has 8 heteroatoms. The number of rotatable bonds is 5. The highest BCUT2D eigenvalue weighted by Gasteiger charge is 2.23. The van der Waals surface area contributed by atoms with Gasteiger partial charge in [0.25, 0.3) is 15.0 Å². The molecule has 1 N–H and O–H groups in total. The Kier molecular flexibility index (Phi) is 6.13. The van der Waals surface area contributed by atoms with E-state index < -0.39 is 15.0 Å². The molecule has 112 valence electrons. The molecule has 0 saturated heterocycles. The summed E-state index contributed by atoms with van der Waals surface area (Å²) in [5, 5.41) is 2.45. The quantitative estimate of drug-likeness (QED) is 0.816. The highest BCUT2D eigenvalue weighted by atomic mass is 35.7. The lowest BCUT2D eigenvalue weighted by molar-refractivity contribution is 0.0952. The van der Waals surface area contributed by atoms with E-state index in [4.69, 9.17) is 33.9 Å². The van der Waals surface area contributed by atoms with Gasteiger partial charge in [0.2, 0.25) is 0 Å². The summed E-state index contributed by atoms with van der Waals surface area (Å²) in [4.78, 5) is 11.7. The molecule has 0 bridgehead atoms. The molecule has 0 aliphatic heterocycles. The van der Waals surface area contributed by atoms with Crippen molar-refractivity contribution in [3.05, 3.63) is 27.7 Å². The highest BCUT2D eigenvalue weighted by molar-refractivity contribution is 8.13. The highest BCUT2D eigenvalue weighted by Crippen LogP contribution is 2.32. The van der Waals surface area contributed by atoms with Crippen LogP contribution in [0.4, 0.5) is 0 Å². The third-order valence-electron chi connectivity index (χ3n) is 2.55. The Morgan fingerprint density at radius 2 is 1.90 bits per heavy atom. The first kappa shape index (κ1) is 17.6. The predicted molar refractivity (Wildman–Crippen MR) is 81.3 cm³/mol. The summed E-state index contributed by atoms with van der Waals surface area (Å²) in [6.45, 7) is 4.49. The Balaban J connectivity index is 3.09. The van der Waals surface area contributed by atoms with Crippen molar-refractivity contribution in [1.29, 1.82) is 0 Å². The van der Waals surface area contributed by atoms with Crippen molar-refractivity contribution in [3.63, 3.8) is 0 Å². The lowest BCUT2D eigenvalue weighted by Gasteiger charge is -2.11. The molecule has 0 heterocycles. The number of hydrogen-bond acceptors (Lipinski definition) is 3. The third-order valence-corrected chi connectivity index (χ3v) is 4.74. The molecule has 1 aromatic carbocycles. The van der Waals surface area contributed by atoms with E-state index in [2.05, 4.69) is 5.32 Å². The van der Waals surface area contributed by atoms with Crippen LogP contribution in [0.3, 0.4) is 0 Å². The number of halogens is 3. The Bertz CT molecular complexity index is 615. The van der Waals surface area contributed by atoms with E-state index in [9.17, 15) is 13.2 Å². The van der Waals surface area contributed by atoms with Gasteiger partial charge in [-0.2, -0.15) is 0 Å². The molecule has 0 aliphatic rings. The number of hydrogen-bond donors (Lipinski definition) is 1. The van der Waals surface area contributed by atoms with Crippen molar-refractivity contribution in [2.24, 2.45) is 5.92 Å². The number of benzene rings is 1. The number of amides is 1. The van der Waals surface area contributed by atoms with Gasteiger partial charge in [-0.05, 0) is 24.5 Å². The fourth-order valence-corrected chi connectivity index (χ4v) is 3.39. The molecule has 0 radical (unpaired) electrons. The van der Waals surface area contributed by atoms with Gasteiger partial charge in [0.05, 0.1) is 15.6 Å². The molecule has 20 heavy (non-hydrogen) atoms. The zero-order chi connectivity index (χ0) is 15.5. The molecule has 0 aromatic heterocycles. The van der Waals surface area contributed by atoms with Crippen molar-refractivity contribution >= 4 is 48.8 Å². The summed E-state index contributed by atoms with van der Waals surface area (Å²) in [5.41, 5.74) is -0.0844. The Labute approximate surface area is 132 Å². The zero-order valence-electron chi connectivity index (χ0n) is 10.9. The number of carbonyl (C=O) groups is 1. The van der Waals surface area contributed by atoms with Crippen LogP contribution in [0.5, 0.6) is 0 Å².